The van der Waals surface area contributed by atoms with Gasteiger partial charge in [-0.05, 0) is 56.0 Å². The van der Waals surface area contributed by atoms with Crippen LogP contribution in [0.3, 0.4) is 0 Å². The number of benzene rings is 1. The summed E-state index contributed by atoms with van der Waals surface area (Å²) in [5.74, 6) is 0. The van der Waals surface area contributed by atoms with E-state index >= 15 is 0 Å². The molecule has 1 aromatic rings. The van der Waals surface area contributed by atoms with Crippen LogP contribution in [-0.2, 0) is 12.0 Å². The van der Waals surface area contributed by atoms with Crippen LogP contribution in [0.15, 0.2) is 22.7 Å². The summed E-state index contributed by atoms with van der Waals surface area (Å²) < 4.78 is 1.18. The van der Waals surface area contributed by atoms with E-state index in [4.69, 9.17) is 0 Å². The molecule has 0 spiro atoms. The maximum absolute atomic E-state index is 3.63. The second-order valence-electron chi connectivity index (χ2n) is 4.52. The van der Waals surface area contributed by atoms with Crippen LogP contribution in [0.4, 0.5) is 0 Å². The van der Waals surface area contributed by atoms with Gasteiger partial charge in [-0.15, -0.1) is 0 Å². The molecule has 0 radical (unpaired) electrons. The Morgan fingerprint density at radius 1 is 1.47 bits per heavy atom. The van der Waals surface area contributed by atoms with E-state index in [1.807, 2.05) is 0 Å². The van der Waals surface area contributed by atoms with E-state index in [2.05, 4.69) is 53.3 Å². The van der Waals surface area contributed by atoms with Crippen LogP contribution < -0.4 is 5.32 Å². The van der Waals surface area contributed by atoms with E-state index in [0.717, 1.165) is 13.0 Å². The Balaban J connectivity index is 2.44. The Kier molecular flexibility index (Phi) is 3.17. The van der Waals surface area contributed by atoms with Crippen molar-refractivity contribution in [3.05, 3.63) is 33.8 Å². The minimum Gasteiger partial charge on any atom is -0.308 e. The van der Waals surface area contributed by atoms with Gasteiger partial charge in [0, 0.05) is 10.0 Å². The van der Waals surface area contributed by atoms with Gasteiger partial charge >= 0.3 is 0 Å². The maximum atomic E-state index is 3.63. The Morgan fingerprint density at radius 2 is 2.27 bits per heavy atom. The first-order chi connectivity index (χ1) is 7.15. The Hall–Kier alpha value is -0.340. The van der Waals surface area contributed by atoms with Gasteiger partial charge in [-0.3, -0.25) is 0 Å². The molecule has 0 amide bonds. The highest BCUT2D eigenvalue weighted by Crippen LogP contribution is 2.34. The van der Waals surface area contributed by atoms with Crippen molar-refractivity contribution in [2.75, 3.05) is 6.54 Å². The summed E-state index contributed by atoms with van der Waals surface area (Å²) in [6.07, 6.45) is 3.64. The zero-order valence-corrected chi connectivity index (χ0v) is 11.0. The van der Waals surface area contributed by atoms with Crippen molar-refractivity contribution in [2.45, 2.75) is 38.6 Å². The fourth-order valence-corrected chi connectivity index (χ4v) is 2.86. The van der Waals surface area contributed by atoms with Crippen molar-refractivity contribution in [3.63, 3.8) is 0 Å². The Bertz CT molecular complexity index is 354. The van der Waals surface area contributed by atoms with E-state index in [-0.39, 0.29) is 5.54 Å². The second kappa shape index (κ2) is 4.26. The largest absolute Gasteiger partial charge is 0.308 e. The lowest BCUT2D eigenvalue weighted by atomic mass is 9.86. The van der Waals surface area contributed by atoms with E-state index in [0.29, 0.717) is 0 Å². The van der Waals surface area contributed by atoms with Crippen molar-refractivity contribution in [3.8, 4) is 0 Å². The van der Waals surface area contributed by atoms with Gasteiger partial charge in [0.15, 0.2) is 0 Å². The lowest BCUT2D eigenvalue weighted by molar-refractivity contribution is 0.431. The number of hydrogen-bond acceptors (Lipinski definition) is 1. The third-order valence-electron chi connectivity index (χ3n) is 3.42. The van der Waals surface area contributed by atoms with Crippen molar-refractivity contribution in [1.82, 2.24) is 5.32 Å². The molecule has 1 N–H and O–H groups in total. The first kappa shape index (κ1) is 11.2. The molecule has 0 aromatic heterocycles. The van der Waals surface area contributed by atoms with Crippen molar-refractivity contribution in [1.29, 1.82) is 0 Å². The molecule has 1 saturated heterocycles. The van der Waals surface area contributed by atoms with Gasteiger partial charge < -0.3 is 5.32 Å². The number of nitrogens with one attached hydrogen (secondary N) is 1. The lowest BCUT2D eigenvalue weighted by Gasteiger charge is -2.27. The summed E-state index contributed by atoms with van der Waals surface area (Å²) in [5, 5.41) is 3.63. The quantitative estimate of drug-likeness (QED) is 0.864. The molecule has 1 atom stereocenters. The predicted octanol–water partition coefficient (Wildman–Crippen LogP) is 3.61. The zero-order valence-electron chi connectivity index (χ0n) is 9.44. The SMILES string of the molecule is CCc1ccc(Br)cc1C1(C)CCCN1. The predicted molar refractivity (Wildman–Crippen MR) is 68.1 cm³/mol. The molecule has 2 rings (SSSR count). The van der Waals surface area contributed by atoms with Gasteiger partial charge in [-0.1, -0.05) is 28.9 Å². The van der Waals surface area contributed by atoms with Gasteiger partial charge in [0.1, 0.15) is 0 Å². The summed E-state index contributed by atoms with van der Waals surface area (Å²) >= 11 is 3.57. The molecule has 1 unspecified atom stereocenters. The smallest absolute Gasteiger partial charge is 0.0409 e. The third kappa shape index (κ3) is 2.11. The molecule has 0 saturated carbocycles. The van der Waals surface area contributed by atoms with Crippen LogP contribution in [0, 0.1) is 0 Å². The molecule has 2 heteroatoms. The van der Waals surface area contributed by atoms with E-state index in [9.17, 15) is 0 Å². The number of hydrogen-bond donors (Lipinski definition) is 1. The van der Waals surface area contributed by atoms with Crippen LogP contribution in [0.25, 0.3) is 0 Å². The average molecular weight is 268 g/mol. The molecule has 15 heavy (non-hydrogen) atoms. The highest BCUT2D eigenvalue weighted by molar-refractivity contribution is 9.10. The molecule has 0 bridgehead atoms. The molecular weight excluding hydrogens is 250 g/mol. The van der Waals surface area contributed by atoms with E-state index < -0.39 is 0 Å². The van der Waals surface area contributed by atoms with Gasteiger partial charge in [0.25, 0.3) is 0 Å². The summed E-state index contributed by atoms with van der Waals surface area (Å²) in [4.78, 5) is 0. The molecular formula is C13H18BrN. The van der Waals surface area contributed by atoms with Crippen molar-refractivity contribution >= 4 is 15.9 Å². The number of rotatable bonds is 2. The van der Waals surface area contributed by atoms with Gasteiger partial charge in [-0.25, -0.2) is 0 Å². The van der Waals surface area contributed by atoms with E-state index in [1.54, 1.807) is 0 Å². The first-order valence-corrected chi connectivity index (χ1v) is 6.49. The minimum absolute atomic E-state index is 0.190. The fourth-order valence-electron chi connectivity index (χ4n) is 2.50. The van der Waals surface area contributed by atoms with Gasteiger partial charge in [0.05, 0.1) is 0 Å². The monoisotopic (exact) mass is 267 g/mol. The second-order valence-corrected chi connectivity index (χ2v) is 5.43. The maximum Gasteiger partial charge on any atom is 0.0409 e. The average Bonchev–Trinajstić information content (AvgIpc) is 2.66. The normalized spacial score (nSPS) is 25.8. The molecule has 0 aliphatic carbocycles. The van der Waals surface area contributed by atoms with Gasteiger partial charge in [0.2, 0.25) is 0 Å². The lowest BCUT2D eigenvalue weighted by Crippen LogP contribution is -2.34. The van der Waals surface area contributed by atoms with E-state index in [1.165, 1.54) is 28.4 Å². The molecule has 1 aliphatic heterocycles. The number of aryl methyl sites for hydroxylation is 1. The first-order valence-electron chi connectivity index (χ1n) is 5.69. The third-order valence-corrected chi connectivity index (χ3v) is 3.91. The van der Waals surface area contributed by atoms with Crippen LogP contribution in [0.5, 0.6) is 0 Å². The van der Waals surface area contributed by atoms with Crippen LogP contribution in [0.1, 0.15) is 37.8 Å². The minimum atomic E-state index is 0.190. The van der Waals surface area contributed by atoms with Gasteiger partial charge in [-0.2, -0.15) is 0 Å². The topological polar surface area (TPSA) is 12.0 Å². The molecule has 1 fully saturated rings. The zero-order chi connectivity index (χ0) is 10.9. The summed E-state index contributed by atoms with van der Waals surface area (Å²) in [7, 11) is 0. The Labute approximate surface area is 100 Å². The summed E-state index contributed by atoms with van der Waals surface area (Å²) in [5.41, 5.74) is 3.13. The molecule has 1 heterocycles. The highest BCUT2D eigenvalue weighted by atomic mass is 79.9. The van der Waals surface area contributed by atoms with Crippen molar-refractivity contribution < 1.29 is 0 Å². The molecule has 1 aliphatic rings. The van der Waals surface area contributed by atoms with Crippen LogP contribution >= 0.6 is 15.9 Å². The fraction of sp³-hybridized carbons (Fsp3) is 0.538. The summed E-state index contributed by atoms with van der Waals surface area (Å²) in [6, 6.07) is 6.66. The van der Waals surface area contributed by atoms with Crippen LogP contribution in [0.2, 0.25) is 0 Å². The number of halogens is 1. The Morgan fingerprint density at radius 3 is 2.87 bits per heavy atom. The molecule has 1 nitrogen and oxygen atoms in total. The van der Waals surface area contributed by atoms with Crippen molar-refractivity contribution in [2.24, 2.45) is 0 Å². The highest BCUT2D eigenvalue weighted by Gasteiger charge is 2.31. The van der Waals surface area contributed by atoms with Crippen LogP contribution in [-0.4, -0.2) is 6.54 Å². The molecule has 1 aromatic carbocycles. The standard InChI is InChI=1S/C13H18BrN/c1-3-10-5-6-11(14)9-12(10)13(2)7-4-8-15-13/h5-6,9,15H,3-4,7-8H2,1-2H3. The molecule has 82 valence electrons. The summed E-state index contributed by atoms with van der Waals surface area (Å²) in [6.45, 7) is 5.69.